The molecule has 0 aliphatic heterocycles. The molecule has 0 aliphatic rings. The minimum atomic E-state index is -0.0825. The van der Waals surface area contributed by atoms with Crippen LogP contribution in [0, 0.1) is 13.8 Å². The second-order valence-electron chi connectivity index (χ2n) is 2.99. The summed E-state index contributed by atoms with van der Waals surface area (Å²) in [4.78, 5) is 23.3. The summed E-state index contributed by atoms with van der Waals surface area (Å²) in [5.41, 5.74) is 3.06. The molecule has 2 aromatic rings. The molecule has 0 saturated heterocycles. The van der Waals surface area contributed by atoms with Crippen LogP contribution in [0.3, 0.4) is 0 Å². The van der Waals surface area contributed by atoms with Gasteiger partial charge in [0, 0.05) is 17.5 Å². The lowest BCUT2D eigenvalue weighted by molar-refractivity contribution is 1.03. The molecule has 0 bridgehead atoms. The van der Waals surface area contributed by atoms with Crippen LogP contribution < -0.4 is 5.56 Å². The number of aromatic amines is 1. The Kier molecular flexibility index (Phi) is 2.17. The van der Waals surface area contributed by atoms with Gasteiger partial charge in [0.15, 0.2) is 5.82 Å². The molecular weight excluding hydrogens is 198 g/mol. The van der Waals surface area contributed by atoms with Crippen molar-refractivity contribution < 1.29 is 0 Å². The fraction of sp³-hybridized carbons (Fsp3) is 0.222. The van der Waals surface area contributed by atoms with Gasteiger partial charge >= 0.3 is 0 Å². The SMILES string of the molecule is Cc1nc(-c2cncs2)[nH]c(=O)c1C. The molecule has 0 atom stereocenters. The van der Waals surface area contributed by atoms with Crippen LogP contribution in [-0.4, -0.2) is 15.0 Å². The number of H-pyrrole nitrogens is 1. The molecule has 0 spiro atoms. The van der Waals surface area contributed by atoms with E-state index in [1.54, 1.807) is 18.6 Å². The summed E-state index contributed by atoms with van der Waals surface area (Å²) in [6.45, 7) is 3.59. The first-order chi connectivity index (χ1) is 6.68. The summed E-state index contributed by atoms with van der Waals surface area (Å²) in [5, 5.41) is 0. The molecule has 0 saturated carbocycles. The highest BCUT2D eigenvalue weighted by atomic mass is 32.1. The minimum Gasteiger partial charge on any atom is -0.306 e. The topological polar surface area (TPSA) is 58.6 Å². The summed E-state index contributed by atoms with van der Waals surface area (Å²) in [7, 11) is 0. The van der Waals surface area contributed by atoms with Gasteiger partial charge in [-0.25, -0.2) is 4.98 Å². The number of hydrogen-bond donors (Lipinski definition) is 1. The lowest BCUT2D eigenvalue weighted by Gasteiger charge is -2.00. The molecule has 2 aromatic heterocycles. The predicted molar refractivity (Wildman–Crippen MR) is 55.4 cm³/mol. The molecule has 0 unspecified atom stereocenters. The van der Waals surface area contributed by atoms with Crippen LogP contribution >= 0.6 is 11.3 Å². The molecule has 0 aromatic carbocycles. The first kappa shape index (κ1) is 9.08. The number of rotatable bonds is 1. The van der Waals surface area contributed by atoms with E-state index < -0.39 is 0 Å². The Morgan fingerprint density at radius 1 is 1.43 bits per heavy atom. The van der Waals surface area contributed by atoms with E-state index in [4.69, 9.17) is 0 Å². The van der Waals surface area contributed by atoms with Gasteiger partial charge in [-0.2, -0.15) is 0 Å². The summed E-state index contributed by atoms with van der Waals surface area (Å²) in [6, 6.07) is 0. The number of thiazole rings is 1. The fourth-order valence-corrected chi connectivity index (χ4v) is 1.66. The molecule has 4 nitrogen and oxygen atoms in total. The summed E-state index contributed by atoms with van der Waals surface area (Å²) >= 11 is 1.46. The van der Waals surface area contributed by atoms with Gasteiger partial charge in [0.25, 0.3) is 5.56 Å². The average molecular weight is 207 g/mol. The Bertz CT molecular complexity index is 501. The summed E-state index contributed by atoms with van der Waals surface area (Å²) < 4.78 is 0. The lowest BCUT2D eigenvalue weighted by Crippen LogP contribution is -2.13. The first-order valence-corrected chi connectivity index (χ1v) is 5.03. The van der Waals surface area contributed by atoms with Crippen LogP contribution in [0.1, 0.15) is 11.3 Å². The zero-order valence-corrected chi connectivity index (χ0v) is 8.68. The van der Waals surface area contributed by atoms with E-state index >= 15 is 0 Å². The summed E-state index contributed by atoms with van der Waals surface area (Å²) in [6.07, 6.45) is 1.69. The molecule has 72 valence electrons. The fourth-order valence-electron chi connectivity index (χ4n) is 1.09. The monoisotopic (exact) mass is 207 g/mol. The van der Waals surface area contributed by atoms with Gasteiger partial charge in [-0.1, -0.05) is 0 Å². The van der Waals surface area contributed by atoms with E-state index in [1.807, 2.05) is 6.92 Å². The van der Waals surface area contributed by atoms with Gasteiger partial charge in [0.2, 0.25) is 0 Å². The first-order valence-electron chi connectivity index (χ1n) is 4.15. The Balaban J connectivity index is 2.63. The Hall–Kier alpha value is -1.49. The Morgan fingerprint density at radius 3 is 2.79 bits per heavy atom. The number of aryl methyl sites for hydroxylation is 1. The van der Waals surface area contributed by atoms with Crippen molar-refractivity contribution in [2.24, 2.45) is 0 Å². The molecule has 14 heavy (non-hydrogen) atoms. The molecule has 0 amide bonds. The van der Waals surface area contributed by atoms with Crippen LogP contribution in [0.5, 0.6) is 0 Å². The second-order valence-corrected chi connectivity index (χ2v) is 3.88. The van der Waals surface area contributed by atoms with Crippen molar-refractivity contribution in [2.75, 3.05) is 0 Å². The molecule has 0 radical (unpaired) electrons. The van der Waals surface area contributed by atoms with Gasteiger partial charge in [0.05, 0.1) is 10.4 Å². The number of nitrogens with zero attached hydrogens (tertiary/aromatic N) is 2. The third-order valence-electron chi connectivity index (χ3n) is 2.06. The lowest BCUT2D eigenvalue weighted by atomic mass is 10.2. The molecule has 0 aliphatic carbocycles. The highest BCUT2D eigenvalue weighted by Crippen LogP contribution is 2.18. The number of nitrogens with one attached hydrogen (secondary N) is 1. The van der Waals surface area contributed by atoms with Gasteiger partial charge < -0.3 is 4.98 Å². The van der Waals surface area contributed by atoms with E-state index in [9.17, 15) is 4.79 Å². The van der Waals surface area contributed by atoms with E-state index in [0.29, 0.717) is 11.4 Å². The normalized spacial score (nSPS) is 10.4. The number of hydrogen-bond acceptors (Lipinski definition) is 4. The van der Waals surface area contributed by atoms with Crippen molar-refractivity contribution in [3.63, 3.8) is 0 Å². The largest absolute Gasteiger partial charge is 0.306 e. The molecular formula is C9H9N3OS. The van der Waals surface area contributed by atoms with Crippen LogP contribution in [0.2, 0.25) is 0 Å². The Labute approximate surface area is 84.7 Å². The van der Waals surface area contributed by atoms with Crippen LogP contribution in [0.25, 0.3) is 10.7 Å². The van der Waals surface area contributed by atoms with Gasteiger partial charge in [-0.15, -0.1) is 11.3 Å². The smallest absolute Gasteiger partial charge is 0.254 e. The molecule has 0 fully saturated rings. The zero-order chi connectivity index (χ0) is 10.1. The zero-order valence-electron chi connectivity index (χ0n) is 7.87. The van der Waals surface area contributed by atoms with E-state index in [0.717, 1.165) is 10.6 Å². The van der Waals surface area contributed by atoms with Crippen molar-refractivity contribution in [3.8, 4) is 10.7 Å². The van der Waals surface area contributed by atoms with E-state index in [1.165, 1.54) is 11.3 Å². The van der Waals surface area contributed by atoms with Crippen molar-refractivity contribution in [1.82, 2.24) is 15.0 Å². The quantitative estimate of drug-likeness (QED) is 0.771. The van der Waals surface area contributed by atoms with Crippen LogP contribution in [0.15, 0.2) is 16.5 Å². The maximum Gasteiger partial charge on any atom is 0.254 e. The standard InChI is InChI=1S/C9H9N3OS/c1-5-6(2)11-8(12-9(5)13)7-3-10-4-14-7/h3-4H,1-2H3,(H,11,12,13). The van der Waals surface area contributed by atoms with Crippen LogP contribution in [0.4, 0.5) is 0 Å². The number of aromatic nitrogens is 3. The van der Waals surface area contributed by atoms with E-state index in [2.05, 4.69) is 15.0 Å². The third kappa shape index (κ3) is 1.46. The maximum atomic E-state index is 11.4. The van der Waals surface area contributed by atoms with Gasteiger partial charge in [-0.3, -0.25) is 9.78 Å². The summed E-state index contributed by atoms with van der Waals surface area (Å²) in [5.74, 6) is 0.598. The third-order valence-corrected chi connectivity index (χ3v) is 2.84. The van der Waals surface area contributed by atoms with Crippen molar-refractivity contribution in [1.29, 1.82) is 0 Å². The molecule has 2 heterocycles. The average Bonchev–Trinajstić information content (AvgIpc) is 2.66. The van der Waals surface area contributed by atoms with E-state index in [-0.39, 0.29) is 5.56 Å². The molecule has 2 rings (SSSR count). The highest BCUT2D eigenvalue weighted by Gasteiger charge is 2.06. The highest BCUT2D eigenvalue weighted by molar-refractivity contribution is 7.13. The molecule has 5 heteroatoms. The van der Waals surface area contributed by atoms with Gasteiger partial charge in [0.1, 0.15) is 0 Å². The Morgan fingerprint density at radius 2 is 2.21 bits per heavy atom. The maximum absolute atomic E-state index is 11.4. The minimum absolute atomic E-state index is 0.0825. The van der Waals surface area contributed by atoms with Crippen LogP contribution in [-0.2, 0) is 0 Å². The van der Waals surface area contributed by atoms with Crippen molar-refractivity contribution in [2.45, 2.75) is 13.8 Å². The predicted octanol–water partition coefficient (Wildman–Crippen LogP) is 1.51. The van der Waals surface area contributed by atoms with Gasteiger partial charge in [-0.05, 0) is 13.8 Å². The van der Waals surface area contributed by atoms with Crippen molar-refractivity contribution in [3.05, 3.63) is 33.3 Å². The molecule has 1 N–H and O–H groups in total. The van der Waals surface area contributed by atoms with Crippen molar-refractivity contribution >= 4 is 11.3 Å². The second kappa shape index (κ2) is 3.34.